The maximum absolute atomic E-state index is 13.4. The van der Waals surface area contributed by atoms with Gasteiger partial charge in [-0.15, -0.1) is 0 Å². The Bertz CT molecular complexity index is 464. The molecule has 0 saturated carbocycles. The highest BCUT2D eigenvalue weighted by Crippen LogP contribution is 2.25. The highest BCUT2D eigenvalue weighted by atomic mass is 79.9. The Labute approximate surface area is 114 Å². The number of hydrogen-bond acceptors (Lipinski definition) is 2. The molecule has 1 aromatic rings. The van der Waals surface area contributed by atoms with Crippen molar-refractivity contribution in [2.75, 3.05) is 13.1 Å². The number of benzene rings is 1. The van der Waals surface area contributed by atoms with Gasteiger partial charge in [-0.1, -0.05) is 6.07 Å². The van der Waals surface area contributed by atoms with Gasteiger partial charge in [0, 0.05) is 19.1 Å². The SMILES string of the molecule is CC(N)C1CCN(C(=O)c2cccc(F)c2Br)C1. The van der Waals surface area contributed by atoms with Crippen molar-refractivity contribution in [1.82, 2.24) is 4.90 Å². The van der Waals surface area contributed by atoms with E-state index in [0.717, 1.165) is 6.42 Å². The van der Waals surface area contributed by atoms with Crippen LogP contribution in [-0.4, -0.2) is 29.9 Å². The van der Waals surface area contributed by atoms with Crippen molar-refractivity contribution >= 4 is 21.8 Å². The Balaban J connectivity index is 2.16. The first kappa shape index (κ1) is 13.5. The Hall–Kier alpha value is -0.940. The summed E-state index contributed by atoms with van der Waals surface area (Å²) in [5, 5.41) is 0. The third-order valence-electron chi connectivity index (χ3n) is 3.44. The predicted octanol–water partition coefficient (Wildman–Crippen LogP) is 2.40. The number of rotatable bonds is 2. The summed E-state index contributed by atoms with van der Waals surface area (Å²) in [6, 6.07) is 4.59. The quantitative estimate of drug-likeness (QED) is 0.911. The lowest BCUT2D eigenvalue weighted by molar-refractivity contribution is 0.0784. The minimum atomic E-state index is -0.413. The second-order valence-corrected chi connectivity index (χ2v) is 5.55. The fourth-order valence-electron chi connectivity index (χ4n) is 2.24. The van der Waals surface area contributed by atoms with Gasteiger partial charge in [-0.3, -0.25) is 4.79 Å². The number of amides is 1. The molecule has 1 fully saturated rings. The van der Waals surface area contributed by atoms with E-state index in [0.29, 0.717) is 24.6 Å². The molecular weight excluding hydrogens is 299 g/mol. The number of nitrogens with two attached hydrogens (primary N) is 1. The molecule has 2 rings (SSSR count). The van der Waals surface area contributed by atoms with E-state index in [-0.39, 0.29) is 16.4 Å². The summed E-state index contributed by atoms with van der Waals surface area (Å²) in [5.41, 5.74) is 6.22. The van der Waals surface area contributed by atoms with E-state index in [2.05, 4.69) is 15.9 Å². The van der Waals surface area contributed by atoms with Gasteiger partial charge in [0.1, 0.15) is 5.82 Å². The normalized spacial score (nSPS) is 21.1. The molecule has 3 nitrogen and oxygen atoms in total. The van der Waals surface area contributed by atoms with E-state index < -0.39 is 5.82 Å². The molecule has 1 aliphatic heterocycles. The molecule has 0 radical (unpaired) electrons. The summed E-state index contributed by atoms with van der Waals surface area (Å²) in [5.74, 6) is -0.213. The van der Waals surface area contributed by atoms with Gasteiger partial charge in [-0.2, -0.15) is 0 Å². The van der Waals surface area contributed by atoms with Crippen LogP contribution in [-0.2, 0) is 0 Å². The average molecular weight is 315 g/mol. The molecule has 0 bridgehead atoms. The fourth-order valence-corrected chi connectivity index (χ4v) is 2.67. The minimum Gasteiger partial charge on any atom is -0.338 e. The molecule has 1 amide bonds. The lowest BCUT2D eigenvalue weighted by Gasteiger charge is -2.18. The molecule has 1 aromatic carbocycles. The maximum atomic E-state index is 13.4. The second kappa shape index (κ2) is 5.36. The summed E-state index contributed by atoms with van der Waals surface area (Å²) >= 11 is 3.12. The number of likely N-dealkylation sites (tertiary alicyclic amines) is 1. The molecule has 2 unspecified atom stereocenters. The summed E-state index contributed by atoms with van der Waals surface area (Å²) in [7, 11) is 0. The van der Waals surface area contributed by atoms with Crippen LogP contribution in [0.3, 0.4) is 0 Å². The average Bonchev–Trinajstić information content (AvgIpc) is 2.81. The first-order valence-electron chi connectivity index (χ1n) is 5.99. The van der Waals surface area contributed by atoms with Gasteiger partial charge >= 0.3 is 0 Å². The van der Waals surface area contributed by atoms with Gasteiger partial charge in [0.2, 0.25) is 0 Å². The number of carbonyl (C=O) groups is 1. The standard InChI is InChI=1S/C13H16BrFN2O/c1-8(16)9-5-6-17(7-9)13(18)10-3-2-4-11(15)12(10)14/h2-4,8-9H,5-7,16H2,1H3. The highest BCUT2D eigenvalue weighted by Gasteiger charge is 2.30. The van der Waals surface area contributed by atoms with E-state index in [1.165, 1.54) is 6.07 Å². The number of carbonyl (C=O) groups excluding carboxylic acids is 1. The third-order valence-corrected chi connectivity index (χ3v) is 4.24. The van der Waals surface area contributed by atoms with Gasteiger partial charge < -0.3 is 10.6 Å². The molecule has 1 heterocycles. The van der Waals surface area contributed by atoms with Gasteiger partial charge in [-0.25, -0.2) is 4.39 Å². The fraction of sp³-hybridized carbons (Fsp3) is 0.462. The van der Waals surface area contributed by atoms with Crippen LogP contribution in [0.4, 0.5) is 4.39 Å². The van der Waals surface area contributed by atoms with Crippen LogP contribution in [0.2, 0.25) is 0 Å². The van der Waals surface area contributed by atoms with E-state index in [4.69, 9.17) is 5.73 Å². The van der Waals surface area contributed by atoms with E-state index in [1.54, 1.807) is 17.0 Å². The van der Waals surface area contributed by atoms with Gasteiger partial charge in [0.05, 0.1) is 10.0 Å². The first-order valence-corrected chi connectivity index (χ1v) is 6.79. The largest absolute Gasteiger partial charge is 0.338 e. The van der Waals surface area contributed by atoms with Crippen LogP contribution < -0.4 is 5.73 Å². The maximum Gasteiger partial charge on any atom is 0.255 e. The summed E-state index contributed by atoms with van der Waals surface area (Å²) in [4.78, 5) is 14.0. The predicted molar refractivity (Wildman–Crippen MR) is 71.8 cm³/mol. The van der Waals surface area contributed by atoms with Crippen LogP contribution in [0.25, 0.3) is 0 Å². The van der Waals surface area contributed by atoms with E-state index >= 15 is 0 Å². The minimum absolute atomic E-state index is 0.0822. The zero-order valence-electron chi connectivity index (χ0n) is 10.2. The second-order valence-electron chi connectivity index (χ2n) is 4.76. The van der Waals surface area contributed by atoms with Crippen LogP contribution in [0.15, 0.2) is 22.7 Å². The molecule has 1 saturated heterocycles. The summed E-state index contributed by atoms with van der Waals surface area (Å²) in [6.07, 6.45) is 0.913. The Morgan fingerprint density at radius 1 is 1.61 bits per heavy atom. The van der Waals surface area contributed by atoms with Gasteiger partial charge in [0.15, 0.2) is 0 Å². The molecule has 0 aliphatic carbocycles. The van der Waals surface area contributed by atoms with Crippen LogP contribution >= 0.6 is 15.9 Å². The summed E-state index contributed by atoms with van der Waals surface area (Å²) < 4.78 is 13.6. The smallest absolute Gasteiger partial charge is 0.255 e. The first-order chi connectivity index (χ1) is 8.50. The van der Waals surface area contributed by atoms with E-state index in [1.807, 2.05) is 6.92 Å². The van der Waals surface area contributed by atoms with Gasteiger partial charge in [0.25, 0.3) is 5.91 Å². The van der Waals surface area contributed by atoms with Crippen molar-refractivity contribution in [3.8, 4) is 0 Å². The Morgan fingerprint density at radius 3 is 2.94 bits per heavy atom. The van der Waals surface area contributed by atoms with Crippen molar-refractivity contribution in [3.05, 3.63) is 34.1 Å². The van der Waals surface area contributed by atoms with Crippen LogP contribution in [0.5, 0.6) is 0 Å². The van der Waals surface area contributed by atoms with Gasteiger partial charge in [-0.05, 0) is 47.3 Å². The van der Waals surface area contributed by atoms with Crippen molar-refractivity contribution in [2.24, 2.45) is 11.7 Å². The lowest BCUT2D eigenvalue weighted by Crippen LogP contribution is -2.33. The molecule has 18 heavy (non-hydrogen) atoms. The highest BCUT2D eigenvalue weighted by molar-refractivity contribution is 9.10. The number of hydrogen-bond donors (Lipinski definition) is 1. The number of nitrogens with zero attached hydrogens (tertiary/aromatic N) is 1. The zero-order chi connectivity index (χ0) is 13.3. The zero-order valence-corrected chi connectivity index (χ0v) is 11.8. The molecule has 0 spiro atoms. The molecule has 98 valence electrons. The summed E-state index contributed by atoms with van der Waals surface area (Å²) in [6.45, 7) is 3.30. The molecular formula is C13H16BrFN2O. The molecule has 0 aromatic heterocycles. The molecule has 1 aliphatic rings. The lowest BCUT2D eigenvalue weighted by atomic mass is 10.0. The van der Waals surface area contributed by atoms with Crippen molar-refractivity contribution < 1.29 is 9.18 Å². The molecule has 2 atom stereocenters. The molecule has 5 heteroatoms. The third kappa shape index (κ3) is 2.57. The Morgan fingerprint density at radius 2 is 2.33 bits per heavy atom. The van der Waals surface area contributed by atoms with Crippen molar-refractivity contribution in [1.29, 1.82) is 0 Å². The molecule has 2 N–H and O–H groups in total. The Kier molecular flexibility index (Phi) is 4.02. The topological polar surface area (TPSA) is 46.3 Å². The van der Waals surface area contributed by atoms with E-state index in [9.17, 15) is 9.18 Å². The monoisotopic (exact) mass is 314 g/mol. The van der Waals surface area contributed by atoms with Crippen LogP contribution in [0.1, 0.15) is 23.7 Å². The van der Waals surface area contributed by atoms with Crippen molar-refractivity contribution in [2.45, 2.75) is 19.4 Å². The van der Waals surface area contributed by atoms with Crippen LogP contribution in [0, 0.1) is 11.7 Å². The number of halogens is 2. The van der Waals surface area contributed by atoms with Crippen molar-refractivity contribution in [3.63, 3.8) is 0 Å².